The quantitative estimate of drug-likeness (QED) is 0.481. The van der Waals surface area contributed by atoms with Crippen LogP contribution in [0.15, 0.2) is 0 Å². The van der Waals surface area contributed by atoms with Gasteiger partial charge in [-0.2, -0.15) is 0 Å². The Hall–Kier alpha value is 2.13. The van der Waals surface area contributed by atoms with E-state index < -0.39 is 30.1 Å². The Balaban J connectivity index is -0.000000605. The van der Waals surface area contributed by atoms with Crippen molar-refractivity contribution in [3.8, 4) is 0 Å². The van der Waals surface area contributed by atoms with Crippen LogP contribution in [0.2, 0.25) is 0 Å². The summed E-state index contributed by atoms with van der Waals surface area (Å²) in [4.78, 5) is 20.2. The summed E-state index contributed by atoms with van der Waals surface area (Å²) in [5.74, 6) is -4.09. The van der Waals surface area contributed by atoms with Crippen molar-refractivity contribution in [3.63, 3.8) is 0 Å². The average molecular weight is 254 g/mol. The van der Waals surface area contributed by atoms with Crippen molar-refractivity contribution in [3.05, 3.63) is 0 Å². The Bertz CT molecular complexity index is 208. The maximum atomic E-state index is 10.2. The molecule has 2 atom stereocenters. The van der Waals surface area contributed by atoms with E-state index in [4.69, 9.17) is 10.2 Å². The van der Waals surface area contributed by atoms with Crippen molar-refractivity contribution >= 4 is 11.9 Å². The summed E-state index contributed by atoms with van der Waals surface area (Å²) >= 11 is 0. The third kappa shape index (κ3) is 5.46. The molecule has 2 unspecified atom stereocenters. The second-order valence-corrected chi connectivity index (χ2v) is 2.29. The molecule has 8 heteroatoms. The Morgan fingerprint density at radius 1 is 1.36 bits per heavy atom. The normalized spacial score (nSPS) is 15.4. The standard InChI is InChI=1S/C6H10O6.2K/c1-2-6(12,5(10)11)3(7)4(8)9;;/h3,7,12H,2H2,1H3,(H,8,9)(H,10,11);;/q;2*+1/p-2. The summed E-state index contributed by atoms with van der Waals surface area (Å²) in [5, 5.41) is 37.9. The summed E-state index contributed by atoms with van der Waals surface area (Å²) in [6, 6.07) is 0. The van der Waals surface area contributed by atoms with Gasteiger partial charge in [0.05, 0.1) is 11.9 Å². The van der Waals surface area contributed by atoms with Crippen molar-refractivity contribution in [2.45, 2.75) is 25.0 Å². The SMILES string of the molecule is CCC(O)(C(=O)[O-])C(O)C(=O)[O-].[K+].[K+]. The first-order chi connectivity index (χ1) is 5.36. The van der Waals surface area contributed by atoms with Crippen LogP contribution in [0.25, 0.3) is 0 Å². The molecule has 0 aromatic carbocycles. The number of carbonyl (C=O) groups is 2. The Labute approximate surface area is 166 Å². The number of aliphatic carboxylic acids is 2. The molecule has 0 aromatic rings. The molecule has 0 saturated heterocycles. The van der Waals surface area contributed by atoms with Gasteiger partial charge in [0.15, 0.2) is 0 Å². The molecule has 0 amide bonds. The van der Waals surface area contributed by atoms with Gasteiger partial charge in [-0.05, 0) is 6.42 Å². The van der Waals surface area contributed by atoms with E-state index in [1.807, 2.05) is 0 Å². The van der Waals surface area contributed by atoms with Crippen molar-refractivity contribution in [1.29, 1.82) is 0 Å². The monoisotopic (exact) mass is 254 g/mol. The van der Waals surface area contributed by atoms with Crippen LogP contribution in [-0.4, -0.2) is 33.9 Å². The predicted octanol–water partition coefficient (Wildman–Crippen LogP) is -10.0. The molecule has 2 N–H and O–H groups in total. The molecule has 0 spiro atoms. The fraction of sp³-hybridized carbons (Fsp3) is 0.667. The van der Waals surface area contributed by atoms with E-state index in [0.29, 0.717) is 0 Å². The fourth-order valence-corrected chi connectivity index (χ4v) is 0.644. The first-order valence-electron chi connectivity index (χ1n) is 3.19. The van der Waals surface area contributed by atoms with E-state index in [1.54, 1.807) is 0 Å². The van der Waals surface area contributed by atoms with Crippen LogP contribution in [0.3, 0.4) is 0 Å². The van der Waals surface area contributed by atoms with Gasteiger partial charge in [0.2, 0.25) is 0 Å². The van der Waals surface area contributed by atoms with Crippen LogP contribution >= 0.6 is 0 Å². The second kappa shape index (κ2) is 9.19. The van der Waals surface area contributed by atoms with Gasteiger partial charge >= 0.3 is 103 Å². The molecule has 0 rings (SSSR count). The predicted molar refractivity (Wildman–Crippen MR) is 31.3 cm³/mol. The number of hydrogen-bond acceptors (Lipinski definition) is 6. The zero-order valence-electron chi connectivity index (χ0n) is 8.31. The second-order valence-electron chi connectivity index (χ2n) is 2.29. The van der Waals surface area contributed by atoms with Crippen LogP contribution in [0.1, 0.15) is 13.3 Å². The summed E-state index contributed by atoms with van der Waals surface area (Å²) < 4.78 is 0. The first-order valence-corrected chi connectivity index (χ1v) is 3.19. The Morgan fingerprint density at radius 2 is 1.71 bits per heavy atom. The molecule has 0 saturated carbocycles. The topological polar surface area (TPSA) is 121 Å². The number of hydrogen-bond donors (Lipinski definition) is 2. The molecule has 14 heavy (non-hydrogen) atoms. The van der Waals surface area contributed by atoms with Gasteiger partial charge in [0.1, 0.15) is 11.7 Å². The van der Waals surface area contributed by atoms with Crippen LogP contribution in [-0.2, 0) is 9.59 Å². The third-order valence-electron chi connectivity index (χ3n) is 1.57. The van der Waals surface area contributed by atoms with Crippen molar-refractivity contribution in [2.24, 2.45) is 0 Å². The van der Waals surface area contributed by atoms with Crippen LogP contribution < -0.4 is 113 Å². The molecule has 70 valence electrons. The molecule has 0 aliphatic carbocycles. The van der Waals surface area contributed by atoms with Gasteiger partial charge in [-0.3, -0.25) is 0 Å². The van der Waals surface area contributed by atoms with Gasteiger partial charge in [0.25, 0.3) is 0 Å². The molecule has 0 fully saturated rings. The molecule has 0 heterocycles. The van der Waals surface area contributed by atoms with Crippen LogP contribution in [0.4, 0.5) is 0 Å². The molecular formula is C6H8K2O6. The van der Waals surface area contributed by atoms with E-state index in [1.165, 1.54) is 6.92 Å². The Kier molecular flexibility index (Phi) is 14.1. The number of aliphatic hydroxyl groups is 2. The molecular weight excluding hydrogens is 246 g/mol. The van der Waals surface area contributed by atoms with Crippen LogP contribution in [0, 0.1) is 0 Å². The average Bonchev–Trinajstić information content (AvgIpc) is 2.01. The van der Waals surface area contributed by atoms with Crippen molar-refractivity contribution in [2.75, 3.05) is 0 Å². The summed E-state index contributed by atoms with van der Waals surface area (Å²) in [5.41, 5.74) is -2.78. The van der Waals surface area contributed by atoms with Gasteiger partial charge in [-0.25, -0.2) is 0 Å². The molecule has 0 bridgehead atoms. The maximum Gasteiger partial charge on any atom is 1.00 e. The van der Waals surface area contributed by atoms with E-state index in [-0.39, 0.29) is 103 Å². The zero-order chi connectivity index (χ0) is 9.94. The number of carbonyl (C=O) groups excluding carboxylic acids is 2. The summed E-state index contributed by atoms with van der Waals surface area (Å²) in [6.45, 7) is 1.20. The van der Waals surface area contributed by atoms with Gasteiger partial charge in [0, 0.05) is 0 Å². The number of rotatable bonds is 4. The Morgan fingerprint density at radius 3 is 1.79 bits per heavy atom. The van der Waals surface area contributed by atoms with Crippen molar-refractivity contribution in [1.82, 2.24) is 0 Å². The first kappa shape index (κ1) is 21.4. The van der Waals surface area contributed by atoms with Gasteiger partial charge in [-0.1, -0.05) is 6.92 Å². The summed E-state index contributed by atoms with van der Waals surface area (Å²) in [7, 11) is 0. The molecule has 0 aliphatic rings. The summed E-state index contributed by atoms with van der Waals surface area (Å²) in [6.07, 6.45) is -2.96. The third-order valence-corrected chi connectivity index (χ3v) is 1.57. The van der Waals surface area contributed by atoms with E-state index in [2.05, 4.69) is 0 Å². The maximum absolute atomic E-state index is 10.2. The van der Waals surface area contributed by atoms with E-state index in [0.717, 1.165) is 0 Å². The minimum absolute atomic E-state index is 0. The molecule has 6 nitrogen and oxygen atoms in total. The minimum atomic E-state index is -2.78. The van der Waals surface area contributed by atoms with Crippen molar-refractivity contribution < 1.29 is 133 Å². The van der Waals surface area contributed by atoms with Crippen LogP contribution in [0.5, 0.6) is 0 Å². The largest absolute Gasteiger partial charge is 1.00 e. The molecule has 0 aliphatic heterocycles. The van der Waals surface area contributed by atoms with Gasteiger partial charge in [-0.15, -0.1) is 0 Å². The molecule has 0 radical (unpaired) electrons. The smallest absolute Gasteiger partial charge is 0.547 e. The number of carboxylic acids is 2. The number of carboxylic acid groups (broad SMARTS) is 2. The van der Waals surface area contributed by atoms with E-state index in [9.17, 15) is 19.8 Å². The van der Waals surface area contributed by atoms with E-state index >= 15 is 0 Å². The molecule has 0 aromatic heterocycles. The van der Waals surface area contributed by atoms with Gasteiger partial charge < -0.3 is 30.0 Å². The number of aliphatic hydroxyl groups excluding tert-OH is 1. The zero-order valence-corrected chi connectivity index (χ0v) is 14.6. The fourth-order valence-electron chi connectivity index (χ4n) is 0.644. The minimum Gasteiger partial charge on any atom is -0.547 e.